The maximum Gasteiger partial charge on any atom is 0.342 e. The van der Waals surface area contributed by atoms with Crippen LogP contribution in [0, 0.1) is 5.92 Å². The first kappa shape index (κ1) is 28.1. The number of carbonyl (C=O) groups excluding carboxylic acids is 5. The van der Waals surface area contributed by atoms with Crippen molar-refractivity contribution < 1.29 is 57.5 Å². The number of esters is 5. The molecule has 12 nitrogen and oxygen atoms in total. The Labute approximate surface area is 213 Å². The monoisotopic (exact) mass is 522 g/mol. The fourth-order valence-electron chi connectivity index (χ4n) is 4.26. The maximum absolute atomic E-state index is 13.3. The van der Waals surface area contributed by atoms with E-state index in [1.165, 1.54) is 13.0 Å². The first-order valence-corrected chi connectivity index (χ1v) is 11.5. The van der Waals surface area contributed by atoms with Gasteiger partial charge in [-0.05, 0) is 38.5 Å². The van der Waals surface area contributed by atoms with Crippen molar-refractivity contribution in [2.75, 3.05) is 7.11 Å². The van der Waals surface area contributed by atoms with Crippen molar-refractivity contribution in [3.05, 3.63) is 35.5 Å². The van der Waals surface area contributed by atoms with Gasteiger partial charge < -0.3 is 33.5 Å². The van der Waals surface area contributed by atoms with Crippen LogP contribution in [0.3, 0.4) is 0 Å². The minimum atomic E-state index is -2.37. The Morgan fingerprint density at radius 2 is 1.76 bits per heavy atom. The molecule has 1 N–H and O–H groups in total. The average molecular weight is 523 g/mol. The third-order valence-corrected chi connectivity index (χ3v) is 6.47. The van der Waals surface area contributed by atoms with E-state index in [0.29, 0.717) is 5.57 Å². The zero-order valence-electron chi connectivity index (χ0n) is 21.3. The van der Waals surface area contributed by atoms with Gasteiger partial charge in [0.05, 0.1) is 18.6 Å². The van der Waals surface area contributed by atoms with E-state index >= 15 is 0 Å². The van der Waals surface area contributed by atoms with Gasteiger partial charge in [-0.25, -0.2) is 14.4 Å². The summed E-state index contributed by atoms with van der Waals surface area (Å²) in [5, 5.41) is 10.9. The average Bonchev–Trinajstić information content (AvgIpc) is 3.52. The quantitative estimate of drug-likeness (QED) is 0.169. The Morgan fingerprint density at radius 1 is 1.11 bits per heavy atom. The molecule has 0 bridgehead atoms. The van der Waals surface area contributed by atoms with Crippen LogP contribution in [0.1, 0.15) is 34.6 Å². The summed E-state index contributed by atoms with van der Waals surface area (Å²) in [7, 11) is 1.11. The summed E-state index contributed by atoms with van der Waals surface area (Å²) < 4.78 is 32.1. The fraction of sp³-hybridized carbons (Fsp3) is 0.560. The Bertz CT molecular complexity index is 1080. The lowest BCUT2D eigenvalue weighted by Gasteiger charge is -2.36. The Morgan fingerprint density at radius 3 is 2.32 bits per heavy atom. The van der Waals surface area contributed by atoms with E-state index in [-0.39, 0.29) is 11.1 Å². The van der Waals surface area contributed by atoms with Gasteiger partial charge >= 0.3 is 29.8 Å². The second-order valence-corrected chi connectivity index (χ2v) is 9.27. The Hall–Kier alpha value is -3.51. The zero-order valence-corrected chi connectivity index (χ0v) is 21.3. The van der Waals surface area contributed by atoms with Gasteiger partial charge in [-0.2, -0.15) is 0 Å². The molecule has 0 aromatic rings. The first-order valence-electron chi connectivity index (χ1n) is 11.5. The van der Waals surface area contributed by atoms with Crippen LogP contribution in [0.25, 0.3) is 0 Å². The number of aliphatic hydroxyl groups is 1. The van der Waals surface area contributed by atoms with E-state index in [1.54, 1.807) is 13.0 Å². The molecule has 0 spiro atoms. The van der Waals surface area contributed by atoms with Crippen LogP contribution in [-0.2, 0) is 52.4 Å². The Kier molecular flexibility index (Phi) is 7.94. The Balaban J connectivity index is 2.16. The minimum Gasteiger partial charge on any atom is -0.466 e. The molecule has 2 aliphatic heterocycles. The number of rotatable bonds is 6. The van der Waals surface area contributed by atoms with E-state index in [1.807, 2.05) is 0 Å². The molecule has 0 radical (unpaired) electrons. The number of hydrogen-bond acceptors (Lipinski definition) is 12. The molecule has 0 amide bonds. The molecule has 1 unspecified atom stereocenters. The highest BCUT2D eigenvalue weighted by Gasteiger charge is 2.54. The van der Waals surface area contributed by atoms with Gasteiger partial charge in [0.15, 0.2) is 17.8 Å². The van der Waals surface area contributed by atoms with Crippen LogP contribution < -0.4 is 0 Å². The summed E-state index contributed by atoms with van der Waals surface area (Å²) in [5.41, 5.74) is -2.02. The molecule has 2 heterocycles. The molecular formula is C25H30O12. The molecule has 2 saturated heterocycles. The molecule has 0 aromatic heterocycles. The number of ether oxygens (including phenoxy) is 6. The topological polar surface area (TPSA) is 164 Å². The van der Waals surface area contributed by atoms with Crippen molar-refractivity contribution in [3.63, 3.8) is 0 Å². The molecule has 1 aliphatic carbocycles. The third-order valence-electron chi connectivity index (χ3n) is 6.47. The summed E-state index contributed by atoms with van der Waals surface area (Å²) >= 11 is 0. The fourth-order valence-corrected chi connectivity index (χ4v) is 4.26. The van der Waals surface area contributed by atoms with Crippen molar-refractivity contribution >= 4 is 29.8 Å². The highest BCUT2D eigenvalue weighted by Crippen LogP contribution is 2.41. The van der Waals surface area contributed by atoms with Gasteiger partial charge in [0.1, 0.15) is 24.4 Å². The van der Waals surface area contributed by atoms with Crippen molar-refractivity contribution in [1.29, 1.82) is 0 Å². The van der Waals surface area contributed by atoms with Crippen LogP contribution >= 0.6 is 0 Å². The summed E-state index contributed by atoms with van der Waals surface area (Å²) in [4.78, 5) is 62.2. The molecule has 3 aliphatic rings. The summed E-state index contributed by atoms with van der Waals surface area (Å²) in [5.74, 6) is -5.72. The number of fused-ring (bicyclic) bond motifs is 2. The lowest BCUT2D eigenvalue weighted by Crippen LogP contribution is -2.53. The molecule has 3 rings (SSSR count). The highest BCUT2D eigenvalue weighted by molar-refractivity contribution is 5.93. The van der Waals surface area contributed by atoms with Gasteiger partial charge in [-0.15, -0.1) is 0 Å². The minimum absolute atomic E-state index is 0.116. The van der Waals surface area contributed by atoms with E-state index in [9.17, 15) is 29.1 Å². The van der Waals surface area contributed by atoms with Crippen LogP contribution in [-0.4, -0.2) is 84.3 Å². The second-order valence-electron chi connectivity index (χ2n) is 9.27. The predicted octanol–water partition coefficient (Wildman–Crippen LogP) is 0.457. The SMILES string of the molecule is C=C1C(=O)O[C@@H]2/C=C(\C)[C@@H]3O[C@@H]3/C=C(/C(=O)OC)C(OC(C)=O)[C@@H](OC(=O)[C@](C)(O)[C@H](C)OC(C)=O)[C@@H]12. The van der Waals surface area contributed by atoms with Crippen molar-refractivity contribution in [2.24, 2.45) is 5.92 Å². The molecule has 37 heavy (non-hydrogen) atoms. The van der Waals surface area contributed by atoms with Crippen LogP contribution in [0.15, 0.2) is 35.5 Å². The number of hydrogen-bond donors (Lipinski definition) is 1. The molecule has 202 valence electrons. The molecule has 8 atom stereocenters. The van der Waals surface area contributed by atoms with Gasteiger partial charge in [0.25, 0.3) is 0 Å². The van der Waals surface area contributed by atoms with Crippen LogP contribution in [0.4, 0.5) is 0 Å². The van der Waals surface area contributed by atoms with E-state index in [2.05, 4.69) is 6.58 Å². The lowest BCUT2D eigenvalue weighted by molar-refractivity contribution is -0.196. The second kappa shape index (κ2) is 10.5. The van der Waals surface area contributed by atoms with Crippen LogP contribution in [0.2, 0.25) is 0 Å². The summed E-state index contributed by atoms with van der Waals surface area (Å²) in [6.45, 7) is 10.0. The van der Waals surface area contributed by atoms with E-state index < -0.39 is 78.0 Å². The smallest absolute Gasteiger partial charge is 0.342 e. The maximum atomic E-state index is 13.3. The largest absolute Gasteiger partial charge is 0.466 e. The normalized spacial score (nSPS) is 33.9. The van der Waals surface area contributed by atoms with Gasteiger partial charge in [0.2, 0.25) is 0 Å². The number of carbonyl (C=O) groups is 5. The van der Waals surface area contributed by atoms with E-state index in [4.69, 9.17) is 28.4 Å². The molecular weight excluding hydrogens is 492 g/mol. The number of methoxy groups -OCH3 is 1. The predicted molar refractivity (Wildman–Crippen MR) is 122 cm³/mol. The van der Waals surface area contributed by atoms with Crippen molar-refractivity contribution in [1.82, 2.24) is 0 Å². The molecule has 2 fully saturated rings. The van der Waals surface area contributed by atoms with Gasteiger partial charge in [-0.1, -0.05) is 6.58 Å². The van der Waals surface area contributed by atoms with Crippen LogP contribution in [0.5, 0.6) is 0 Å². The lowest BCUT2D eigenvalue weighted by atomic mass is 9.83. The summed E-state index contributed by atoms with van der Waals surface area (Å²) in [6.07, 6.45) is -3.61. The zero-order chi connectivity index (χ0) is 27.8. The summed E-state index contributed by atoms with van der Waals surface area (Å²) in [6, 6.07) is 0. The third kappa shape index (κ3) is 5.75. The standard InChI is InChI=1S/C25H30O12/c1-10-8-16-18(11(2)22(28)36-16)21(37-24(30)25(6,31)12(3)33-13(4)26)20(34-14(5)27)15(23(29)32-7)9-17-19(10)35-17/h8-9,12,16-21,31H,2H2,1,3-7H3/b10-8+,15-9+/t12-,16+,17+,18-,19-,20?,21-,25+/m0/s1. The van der Waals surface area contributed by atoms with Gasteiger partial charge in [0, 0.05) is 19.4 Å². The number of epoxide rings is 1. The van der Waals surface area contributed by atoms with Crippen molar-refractivity contribution in [2.45, 2.75) is 76.8 Å². The van der Waals surface area contributed by atoms with Gasteiger partial charge in [-0.3, -0.25) is 9.59 Å². The molecule has 0 aromatic carbocycles. The molecule has 12 heteroatoms. The first-order chi connectivity index (χ1) is 17.2. The van der Waals surface area contributed by atoms with Crippen molar-refractivity contribution in [3.8, 4) is 0 Å². The molecule has 0 saturated carbocycles. The van der Waals surface area contributed by atoms with E-state index in [0.717, 1.165) is 27.9 Å². The highest BCUT2D eigenvalue weighted by atomic mass is 16.6.